The van der Waals surface area contributed by atoms with Crippen LogP contribution in [-0.4, -0.2) is 142 Å². The number of carbonyl (C=O) groups excluding carboxylic acids is 4. The summed E-state index contributed by atoms with van der Waals surface area (Å²) in [6, 6.07) is 11.7. The molecule has 0 unspecified atom stereocenters. The highest BCUT2D eigenvalue weighted by atomic mass is 19.1. The topological polar surface area (TPSA) is 158 Å². The third kappa shape index (κ3) is 6.25. The van der Waals surface area contributed by atoms with E-state index < -0.39 is 23.5 Å². The number of amides is 5. The van der Waals surface area contributed by atoms with Gasteiger partial charge in [-0.05, 0) is 56.2 Å². The lowest BCUT2D eigenvalue weighted by Gasteiger charge is -2.51. The van der Waals surface area contributed by atoms with E-state index in [4.69, 9.17) is 0 Å². The second-order valence-electron chi connectivity index (χ2n) is 15.9. The minimum atomic E-state index is -0.714. The summed E-state index contributed by atoms with van der Waals surface area (Å²) in [6.07, 6.45) is 0.584. The molecular weight excluding hydrogens is 707 g/mol. The molecule has 9 rings (SSSR count). The zero-order valence-electron chi connectivity index (χ0n) is 30.9. The molecule has 0 spiro atoms. The van der Waals surface area contributed by atoms with Crippen molar-refractivity contribution in [2.24, 2.45) is 5.92 Å². The van der Waals surface area contributed by atoms with Gasteiger partial charge < -0.3 is 34.9 Å². The number of phenolic OH excluding ortho intramolecular Hbond substituents is 1. The molecule has 6 aliphatic rings. The number of anilines is 3. The third-order valence-electron chi connectivity index (χ3n) is 12.2. The minimum Gasteiger partial charge on any atom is -0.504 e. The summed E-state index contributed by atoms with van der Waals surface area (Å²) in [5.74, 6) is -0.925. The van der Waals surface area contributed by atoms with Crippen molar-refractivity contribution in [2.75, 3.05) is 74.0 Å². The van der Waals surface area contributed by atoms with Crippen molar-refractivity contribution in [3.8, 4) is 17.0 Å². The molecule has 4 fully saturated rings. The van der Waals surface area contributed by atoms with Crippen LogP contribution in [0, 0.1) is 11.7 Å². The number of piperazine rings is 2. The summed E-state index contributed by atoms with van der Waals surface area (Å²) in [6.45, 7) is 11.2. The molecule has 0 saturated carbocycles. The number of halogens is 1. The first-order valence-electron chi connectivity index (χ1n) is 19.2. The van der Waals surface area contributed by atoms with Crippen LogP contribution in [0.25, 0.3) is 11.3 Å². The number of rotatable bonds is 5. The molecule has 15 nitrogen and oxygen atoms in total. The predicted octanol–water partition coefficient (Wildman–Crippen LogP) is 2.32. The van der Waals surface area contributed by atoms with Gasteiger partial charge in [0.2, 0.25) is 11.8 Å². The van der Waals surface area contributed by atoms with Crippen LogP contribution in [0.5, 0.6) is 5.75 Å². The van der Waals surface area contributed by atoms with Gasteiger partial charge in [-0.2, -0.15) is 0 Å². The van der Waals surface area contributed by atoms with Crippen molar-refractivity contribution < 1.29 is 28.7 Å². The molecule has 0 radical (unpaired) electrons. The highest BCUT2D eigenvalue weighted by Gasteiger charge is 2.42. The number of aromatic hydroxyl groups is 1. The number of carbonyl (C=O) groups is 4. The third-order valence-corrected chi connectivity index (χ3v) is 12.2. The largest absolute Gasteiger partial charge is 0.504 e. The van der Waals surface area contributed by atoms with Crippen molar-refractivity contribution in [3.05, 3.63) is 59.4 Å². The molecule has 0 aliphatic carbocycles. The highest BCUT2D eigenvalue weighted by Crippen LogP contribution is 2.38. The van der Waals surface area contributed by atoms with Crippen LogP contribution in [-0.2, 0) is 16.1 Å². The summed E-state index contributed by atoms with van der Waals surface area (Å²) in [5, 5.41) is 24.6. The molecule has 3 N–H and O–H groups in total. The van der Waals surface area contributed by atoms with Crippen LogP contribution in [0.2, 0.25) is 0 Å². The lowest BCUT2D eigenvalue weighted by atomic mass is 9.96. The van der Waals surface area contributed by atoms with Gasteiger partial charge in [-0.15, -0.1) is 10.2 Å². The number of aromatic nitrogens is 2. The van der Waals surface area contributed by atoms with Gasteiger partial charge in [0, 0.05) is 107 Å². The summed E-state index contributed by atoms with van der Waals surface area (Å²) in [7, 11) is 0. The van der Waals surface area contributed by atoms with E-state index in [1.54, 1.807) is 11.0 Å². The van der Waals surface area contributed by atoms with Crippen molar-refractivity contribution >= 4 is 40.9 Å². The van der Waals surface area contributed by atoms with Crippen LogP contribution in [0.4, 0.5) is 26.4 Å². The number of hydrogen-bond donors (Lipinski definition) is 3. The number of fused-ring (bicyclic) bond motifs is 4. The smallest absolute Gasteiger partial charge is 0.320 e. The second-order valence-corrected chi connectivity index (χ2v) is 15.9. The number of hydrogen-bond acceptors (Lipinski definition) is 11. The molecule has 55 heavy (non-hydrogen) atoms. The van der Waals surface area contributed by atoms with Crippen LogP contribution in [0.15, 0.2) is 42.5 Å². The van der Waals surface area contributed by atoms with Gasteiger partial charge >= 0.3 is 6.03 Å². The molecule has 4 atom stereocenters. The molecule has 16 heteroatoms. The predicted molar refractivity (Wildman–Crippen MR) is 201 cm³/mol. The highest BCUT2D eigenvalue weighted by molar-refractivity contribution is 6.05. The van der Waals surface area contributed by atoms with E-state index >= 15 is 0 Å². The Morgan fingerprint density at radius 3 is 2.53 bits per heavy atom. The van der Waals surface area contributed by atoms with Gasteiger partial charge in [0.25, 0.3) is 5.91 Å². The van der Waals surface area contributed by atoms with E-state index in [1.807, 2.05) is 28.0 Å². The first-order valence-corrected chi connectivity index (χ1v) is 19.2. The van der Waals surface area contributed by atoms with Crippen LogP contribution >= 0.6 is 0 Å². The van der Waals surface area contributed by atoms with Crippen LogP contribution in [0.1, 0.15) is 42.6 Å². The normalized spacial score (nSPS) is 25.6. The summed E-state index contributed by atoms with van der Waals surface area (Å²) < 4.78 is 14.1. The van der Waals surface area contributed by atoms with E-state index in [0.29, 0.717) is 62.1 Å². The van der Waals surface area contributed by atoms with Crippen LogP contribution < -0.4 is 20.4 Å². The fourth-order valence-corrected chi connectivity index (χ4v) is 9.44. The number of nitrogens with one attached hydrogen (secondary N) is 2. The molecule has 1 aromatic heterocycles. The van der Waals surface area contributed by atoms with Gasteiger partial charge in [-0.25, -0.2) is 9.18 Å². The van der Waals surface area contributed by atoms with Gasteiger partial charge in [-0.3, -0.25) is 24.6 Å². The number of urea groups is 1. The lowest BCUT2D eigenvalue weighted by Crippen LogP contribution is -2.66. The fourth-order valence-electron chi connectivity index (χ4n) is 9.44. The van der Waals surface area contributed by atoms with E-state index in [9.17, 15) is 28.7 Å². The van der Waals surface area contributed by atoms with Crippen LogP contribution in [0.3, 0.4) is 0 Å². The average Bonchev–Trinajstić information content (AvgIpc) is 3.48. The Balaban J connectivity index is 0.778. The number of nitrogens with zero attached hydrogens (tertiary/aromatic N) is 8. The SMILES string of the molecule is C[C@@H]1CN(CC2CN(c3ccc4c(c3)C(=O)N([C@@H]3CCC(=O)NC3=O)C4)C2)C[C@H](C)N1C(=O)N1CCN2c3cc(-c4cccc(F)c4O)nnc3NC[C@@H]2C1. The van der Waals surface area contributed by atoms with Crippen molar-refractivity contribution in [1.29, 1.82) is 0 Å². The van der Waals surface area contributed by atoms with E-state index in [1.165, 1.54) is 12.1 Å². The first kappa shape index (κ1) is 35.2. The molecule has 3 aromatic rings. The summed E-state index contributed by atoms with van der Waals surface area (Å²) >= 11 is 0. The number of para-hydroxylation sites is 1. The maximum absolute atomic E-state index is 14.1. The standard InChI is InChI=1S/C39H45FN10O5/c1-22-15-45(17-24-18-47(19-24)26-7-6-25-20-49(38(54)29(25)12-26)32-8-9-34(51)42-37(32)53)16-23(2)50(22)39(55)46-10-11-48-27(21-46)14-41-36-33(48)13-31(43-44-36)28-4-3-5-30(40)35(28)52/h3-7,12-13,22-24,27,32,52H,8-11,14-21H2,1-2H3,(H,41,44)(H,42,51,53)/t22-,23+,27-,32-/m1/s1. The zero-order chi connectivity index (χ0) is 38.1. The molecule has 2 aromatic carbocycles. The van der Waals surface area contributed by atoms with Crippen molar-refractivity contribution in [2.45, 2.75) is 57.4 Å². The van der Waals surface area contributed by atoms with Gasteiger partial charge in [0.15, 0.2) is 17.4 Å². The van der Waals surface area contributed by atoms with Crippen molar-refractivity contribution in [1.82, 2.24) is 35.1 Å². The van der Waals surface area contributed by atoms with Gasteiger partial charge in [0.1, 0.15) is 6.04 Å². The quantitative estimate of drug-likeness (QED) is 0.329. The lowest BCUT2D eigenvalue weighted by molar-refractivity contribution is -0.136. The van der Waals surface area contributed by atoms with Gasteiger partial charge in [0.05, 0.1) is 17.4 Å². The number of benzene rings is 2. The molecule has 288 valence electrons. The Morgan fingerprint density at radius 1 is 0.945 bits per heavy atom. The Bertz CT molecular complexity index is 2070. The zero-order valence-corrected chi connectivity index (χ0v) is 30.9. The molecule has 6 aliphatic heterocycles. The Morgan fingerprint density at radius 2 is 1.75 bits per heavy atom. The van der Waals surface area contributed by atoms with Crippen molar-refractivity contribution in [3.63, 3.8) is 0 Å². The van der Waals surface area contributed by atoms with E-state index in [2.05, 4.69) is 55.4 Å². The molecule has 7 heterocycles. The maximum Gasteiger partial charge on any atom is 0.320 e. The number of phenols is 1. The number of imide groups is 1. The Kier molecular flexibility index (Phi) is 8.74. The van der Waals surface area contributed by atoms with Gasteiger partial charge in [-0.1, -0.05) is 12.1 Å². The maximum atomic E-state index is 14.1. The second kappa shape index (κ2) is 13.7. The summed E-state index contributed by atoms with van der Waals surface area (Å²) in [5.41, 5.74) is 4.02. The Labute approximate surface area is 318 Å². The average molecular weight is 753 g/mol. The summed E-state index contributed by atoms with van der Waals surface area (Å²) in [4.78, 5) is 64.0. The molecule has 5 amide bonds. The molecule has 0 bridgehead atoms. The molecule has 4 saturated heterocycles. The Hall–Kier alpha value is -5.51. The number of piperidine rings is 1. The molecular formula is C39H45FN10O5. The monoisotopic (exact) mass is 752 g/mol. The van der Waals surface area contributed by atoms with E-state index in [-0.39, 0.29) is 48.0 Å². The first-order chi connectivity index (χ1) is 26.5. The van der Waals surface area contributed by atoms with E-state index in [0.717, 1.165) is 49.7 Å². The fraction of sp³-hybridized carbons (Fsp3) is 0.487. The minimum absolute atomic E-state index is 0.0184.